The fourth-order valence-corrected chi connectivity index (χ4v) is 2.96. The van der Waals surface area contributed by atoms with Gasteiger partial charge in [-0.1, -0.05) is 18.2 Å². The first-order valence-corrected chi connectivity index (χ1v) is 7.09. The van der Waals surface area contributed by atoms with E-state index in [1.807, 2.05) is 4.72 Å². The Morgan fingerprint density at radius 1 is 1.10 bits per heavy atom. The van der Waals surface area contributed by atoms with E-state index in [1.165, 1.54) is 18.2 Å². The number of hydrogen-bond donors (Lipinski definition) is 2. The average molecular weight is 299 g/mol. The first-order chi connectivity index (χ1) is 9.44. The zero-order valence-electron chi connectivity index (χ0n) is 10.2. The van der Waals surface area contributed by atoms with Crippen molar-refractivity contribution in [1.29, 1.82) is 0 Å². The van der Waals surface area contributed by atoms with E-state index in [4.69, 9.17) is 5.11 Å². The fourth-order valence-electron chi connectivity index (χ4n) is 1.65. The zero-order chi connectivity index (χ0) is 14.8. The predicted octanol–water partition coefficient (Wildman–Crippen LogP) is 2.26. The van der Waals surface area contributed by atoms with Gasteiger partial charge in [-0.25, -0.2) is 17.2 Å². The molecule has 0 aliphatic heterocycles. The van der Waals surface area contributed by atoms with Crippen LogP contribution in [0.2, 0.25) is 0 Å². The second-order valence-corrected chi connectivity index (χ2v) is 5.65. The number of aliphatic hydroxyl groups is 1. The molecule has 0 atom stereocenters. The third kappa shape index (κ3) is 2.94. The van der Waals surface area contributed by atoms with E-state index in [9.17, 15) is 17.2 Å². The van der Waals surface area contributed by atoms with Gasteiger partial charge in [0.25, 0.3) is 10.0 Å². The molecule has 106 valence electrons. The molecule has 0 fully saturated rings. The molecule has 0 aliphatic carbocycles. The van der Waals surface area contributed by atoms with E-state index in [0.29, 0.717) is 0 Å². The third-order valence-electron chi connectivity index (χ3n) is 2.61. The van der Waals surface area contributed by atoms with Gasteiger partial charge < -0.3 is 5.11 Å². The molecule has 2 N–H and O–H groups in total. The summed E-state index contributed by atoms with van der Waals surface area (Å²) < 4.78 is 52.9. The van der Waals surface area contributed by atoms with Crippen molar-refractivity contribution in [2.24, 2.45) is 0 Å². The highest BCUT2D eigenvalue weighted by molar-refractivity contribution is 7.92. The minimum atomic E-state index is -4.19. The van der Waals surface area contributed by atoms with Gasteiger partial charge in [-0.2, -0.15) is 0 Å². The van der Waals surface area contributed by atoms with Crippen LogP contribution in [0.4, 0.5) is 14.5 Å². The first-order valence-electron chi connectivity index (χ1n) is 5.60. The standard InChI is InChI=1S/C13H11F2NO3S/c14-10-6-5-9(8-17)13(7-10)20(18,19)16-12-4-2-1-3-11(12)15/h1-7,16-17H,8H2. The Morgan fingerprint density at radius 2 is 1.80 bits per heavy atom. The normalized spacial score (nSPS) is 11.3. The third-order valence-corrected chi connectivity index (χ3v) is 4.05. The SMILES string of the molecule is O=S(=O)(Nc1ccccc1F)c1cc(F)ccc1CO. The van der Waals surface area contributed by atoms with Gasteiger partial charge in [0.15, 0.2) is 0 Å². The summed E-state index contributed by atoms with van der Waals surface area (Å²) in [5.41, 5.74) is -0.226. The number of anilines is 1. The maximum Gasteiger partial charge on any atom is 0.262 e. The molecule has 4 nitrogen and oxygen atoms in total. The summed E-state index contributed by atoms with van der Waals surface area (Å²) >= 11 is 0. The summed E-state index contributed by atoms with van der Waals surface area (Å²) in [4.78, 5) is -0.428. The molecular weight excluding hydrogens is 288 g/mol. The Labute approximate surface area is 114 Å². The Morgan fingerprint density at radius 3 is 2.45 bits per heavy atom. The van der Waals surface area contributed by atoms with Crippen molar-refractivity contribution in [3.05, 3.63) is 59.7 Å². The van der Waals surface area contributed by atoms with Crippen molar-refractivity contribution in [1.82, 2.24) is 0 Å². The summed E-state index contributed by atoms with van der Waals surface area (Å²) in [7, 11) is -4.19. The molecule has 0 spiro atoms. The lowest BCUT2D eigenvalue weighted by Gasteiger charge is -2.11. The van der Waals surface area contributed by atoms with Gasteiger partial charge in [-0.05, 0) is 29.8 Å². The van der Waals surface area contributed by atoms with Gasteiger partial charge in [0, 0.05) is 0 Å². The Hall–Kier alpha value is -1.99. The van der Waals surface area contributed by atoms with E-state index in [-0.39, 0.29) is 11.3 Å². The maximum absolute atomic E-state index is 13.4. The second-order valence-electron chi connectivity index (χ2n) is 4.00. The number of para-hydroxylation sites is 1. The van der Waals surface area contributed by atoms with Crippen LogP contribution < -0.4 is 4.72 Å². The van der Waals surface area contributed by atoms with E-state index in [2.05, 4.69) is 0 Å². The molecule has 2 aromatic carbocycles. The Kier molecular flexibility index (Phi) is 4.01. The van der Waals surface area contributed by atoms with Crippen molar-refractivity contribution in [2.45, 2.75) is 11.5 Å². The van der Waals surface area contributed by atoms with E-state index < -0.39 is 33.2 Å². The molecule has 20 heavy (non-hydrogen) atoms. The van der Waals surface area contributed by atoms with Crippen LogP contribution >= 0.6 is 0 Å². The van der Waals surface area contributed by atoms with Gasteiger partial charge in [0.1, 0.15) is 11.6 Å². The van der Waals surface area contributed by atoms with Crippen LogP contribution in [-0.2, 0) is 16.6 Å². The van der Waals surface area contributed by atoms with Crippen LogP contribution in [0.3, 0.4) is 0 Å². The minimum Gasteiger partial charge on any atom is -0.392 e. The molecule has 0 saturated heterocycles. The number of nitrogens with one attached hydrogen (secondary N) is 1. The lowest BCUT2D eigenvalue weighted by atomic mass is 10.2. The molecule has 0 aliphatic rings. The smallest absolute Gasteiger partial charge is 0.262 e. The summed E-state index contributed by atoms with van der Waals surface area (Å²) in [6.45, 7) is -0.576. The van der Waals surface area contributed by atoms with Crippen molar-refractivity contribution >= 4 is 15.7 Å². The largest absolute Gasteiger partial charge is 0.392 e. The van der Waals surface area contributed by atoms with Crippen LogP contribution in [-0.4, -0.2) is 13.5 Å². The summed E-state index contributed by atoms with van der Waals surface area (Å²) in [6.07, 6.45) is 0. The van der Waals surface area contributed by atoms with Crippen LogP contribution in [0.15, 0.2) is 47.4 Å². The van der Waals surface area contributed by atoms with Gasteiger partial charge in [-0.3, -0.25) is 4.72 Å². The van der Waals surface area contributed by atoms with Crippen LogP contribution in [0, 0.1) is 11.6 Å². The van der Waals surface area contributed by atoms with E-state index in [1.54, 1.807) is 0 Å². The maximum atomic E-state index is 13.4. The average Bonchev–Trinajstić information content (AvgIpc) is 2.41. The van der Waals surface area contributed by atoms with Crippen molar-refractivity contribution < 1.29 is 22.3 Å². The van der Waals surface area contributed by atoms with Crippen molar-refractivity contribution in [2.75, 3.05) is 4.72 Å². The van der Waals surface area contributed by atoms with Crippen LogP contribution in [0.5, 0.6) is 0 Å². The molecule has 0 bridgehead atoms. The summed E-state index contributed by atoms with van der Waals surface area (Å²) in [5, 5.41) is 9.10. The van der Waals surface area contributed by atoms with E-state index >= 15 is 0 Å². The van der Waals surface area contributed by atoms with Gasteiger partial charge in [0.2, 0.25) is 0 Å². The van der Waals surface area contributed by atoms with Gasteiger partial charge in [0.05, 0.1) is 17.2 Å². The molecule has 2 rings (SSSR count). The number of benzene rings is 2. The highest BCUT2D eigenvalue weighted by Crippen LogP contribution is 2.22. The number of sulfonamides is 1. The van der Waals surface area contributed by atoms with Crippen LogP contribution in [0.1, 0.15) is 5.56 Å². The highest BCUT2D eigenvalue weighted by atomic mass is 32.2. The highest BCUT2D eigenvalue weighted by Gasteiger charge is 2.20. The molecule has 2 aromatic rings. The van der Waals surface area contributed by atoms with Gasteiger partial charge >= 0.3 is 0 Å². The quantitative estimate of drug-likeness (QED) is 0.910. The molecule has 0 radical (unpaired) electrons. The Bertz CT molecular complexity index is 732. The van der Waals surface area contributed by atoms with E-state index in [0.717, 1.165) is 24.3 Å². The number of rotatable bonds is 4. The molecule has 7 heteroatoms. The fraction of sp³-hybridized carbons (Fsp3) is 0.0769. The minimum absolute atomic E-state index is 0.0234. The summed E-state index contributed by atoms with van der Waals surface area (Å²) in [6, 6.07) is 8.17. The number of halogens is 2. The molecule has 0 amide bonds. The number of hydrogen-bond acceptors (Lipinski definition) is 3. The monoisotopic (exact) mass is 299 g/mol. The predicted molar refractivity (Wildman–Crippen MR) is 69.5 cm³/mol. The topological polar surface area (TPSA) is 66.4 Å². The van der Waals surface area contributed by atoms with Gasteiger partial charge in [-0.15, -0.1) is 0 Å². The molecule has 0 aromatic heterocycles. The summed E-state index contributed by atoms with van der Waals surface area (Å²) in [5.74, 6) is -1.52. The lowest BCUT2D eigenvalue weighted by Crippen LogP contribution is -2.16. The Balaban J connectivity index is 2.46. The second kappa shape index (κ2) is 5.56. The number of aliphatic hydroxyl groups excluding tert-OH is 1. The molecule has 0 heterocycles. The molecule has 0 saturated carbocycles. The molecule has 0 unspecified atom stereocenters. The van der Waals surface area contributed by atoms with Crippen molar-refractivity contribution in [3.63, 3.8) is 0 Å². The van der Waals surface area contributed by atoms with Crippen LogP contribution in [0.25, 0.3) is 0 Å². The zero-order valence-corrected chi connectivity index (χ0v) is 11.0. The van der Waals surface area contributed by atoms with Crippen molar-refractivity contribution in [3.8, 4) is 0 Å². The first kappa shape index (κ1) is 14.4. The lowest BCUT2D eigenvalue weighted by molar-refractivity contribution is 0.278. The molecular formula is C13H11F2NO3S.